The topological polar surface area (TPSA) is 42.1 Å². The van der Waals surface area contributed by atoms with Gasteiger partial charge in [0.1, 0.15) is 5.82 Å². The standard InChI is InChI=1S/C12H19N3/c1-9(13)11-7-4-8-14-12(11)15(2)10-5-3-6-10/h4,7-10H,3,5-6,13H2,1-2H3/t9-/m0/s1. The summed E-state index contributed by atoms with van der Waals surface area (Å²) in [5.74, 6) is 1.05. The van der Waals surface area contributed by atoms with Gasteiger partial charge in [-0.3, -0.25) is 0 Å². The maximum atomic E-state index is 5.95. The van der Waals surface area contributed by atoms with Crippen LogP contribution in [0.15, 0.2) is 18.3 Å². The first-order valence-corrected chi connectivity index (χ1v) is 5.63. The van der Waals surface area contributed by atoms with Gasteiger partial charge in [-0.25, -0.2) is 4.98 Å². The summed E-state index contributed by atoms with van der Waals surface area (Å²) in [6.07, 6.45) is 5.75. The minimum atomic E-state index is 0.0521. The number of anilines is 1. The Balaban J connectivity index is 2.25. The Morgan fingerprint density at radius 2 is 2.27 bits per heavy atom. The number of hydrogen-bond acceptors (Lipinski definition) is 3. The Hall–Kier alpha value is -1.09. The lowest BCUT2D eigenvalue weighted by molar-refractivity contribution is 0.398. The second-order valence-electron chi connectivity index (χ2n) is 4.40. The van der Waals surface area contributed by atoms with Gasteiger partial charge in [0, 0.05) is 30.9 Å². The van der Waals surface area contributed by atoms with Gasteiger partial charge in [0.25, 0.3) is 0 Å². The highest BCUT2D eigenvalue weighted by Gasteiger charge is 2.24. The zero-order chi connectivity index (χ0) is 10.8. The lowest BCUT2D eigenvalue weighted by Crippen LogP contribution is -2.38. The van der Waals surface area contributed by atoms with E-state index in [0.29, 0.717) is 6.04 Å². The second-order valence-corrected chi connectivity index (χ2v) is 4.40. The molecule has 1 aromatic rings. The first-order valence-electron chi connectivity index (χ1n) is 5.63. The van der Waals surface area contributed by atoms with Crippen molar-refractivity contribution in [3.63, 3.8) is 0 Å². The lowest BCUT2D eigenvalue weighted by Gasteiger charge is -2.36. The van der Waals surface area contributed by atoms with E-state index < -0.39 is 0 Å². The van der Waals surface area contributed by atoms with Crippen molar-refractivity contribution in [3.05, 3.63) is 23.9 Å². The van der Waals surface area contributed by atoms with Crippen molar-refractivity contribution in [2.45, 2.75) is 38.3 Å². The molecule has 0 radical (unpaired) electrons. The minimum Gasteiger partial charge on any atom is -0.356 e. The zero-order valence-corrected chi connectivity index (χ0v) is 9.48. The molecule has 3 heteroatoms. The van der Waals surface area contributed by atoms with E-state index in [4.69, 9.17) is 5.73 Å². The van der Waals surface area contributed by atoms with E-state index in [2.05, 4.69) is 23.0 Å². The Morgan fingerprint density at radius 3 is 2.80 bits per heavy atom. The predicted octanol–water partition coefficient (Wildman–Crippen LogP) is 2.09. The molecule has 82 valence electrons. The van der Waals surface area contributed by atoms with E-state index in [-0.39, 0.29) is 6.04 Å². The molecule has 0 aliphatic heterocycles. The molecule has 0 aromatic carbocycles. The van der Waals surface area contributed by atoms with Crippen molar-refractivity contribution >= 4 is 5.82 Å². The summed E-state index contributed by atoms with van der Waals surface area (Å²) in [7, 11) is 2.12. The highest BCUT2D eigenvalue weighted by atomic mass is 15.2. The van der Waals surface area contributed by atoms with E-state index in [1.165, 1.54) is 19.3 Å². The van der Waals surface area contributed by atoms with Crippen LogP contribution in [0, 0.1) is 0 Å². The zero-order valence-electron chi connectivity index (χ0n) is 9.48. The molecular weight excluding hydrogens is 186 g/mol. The SMILES string of the molecule is C[C@H](N)c1cccnc1N(C)C1CCC1. The molecule has 0 amide bonds. The Morgan fingerprint density at radius 1 is 1.53 bits per heavy atom. The second kappa shape index (κ2) is 4.19. The highest BCUT2D eigenvalue weighted by molar-refractivity contribution is 5.48. The highest BCUT2D eigenvalue weighted by Crippen LogP contribution is 2.30. The molecule has 0 saturated heterocycles. The molecule has 0 spiro atoms. The minimum absolute atomic E-state index is 0.0521. The summed E-state index contributed by atoms with van der Waals surface area (Å²) in [5.41, 5.74) is 7.09. The van der Waals surface area contributed by atoms with Gasteiger partial charge in [0.15, 0.2) is 0 Å². The Bertz CT molecular complexity index is 331. The van der Waals surface area contributed by atoms with E-state index >= 15 is 0 Å². The lowest BCUT2D eigenvalue weighted by atomic mass is 9.91. The van der Waals surface area contributed by atoms with Gasteiger partial charge in [-0.15, -0.1) is 0 Å². The normalized spacial score (nSPS) is 18.3. The third-order valence-electron chi connectivity index (χ3n) is 3.26. The molecule has 1 saturated carbocycles. The molecule has 0 bridgehead atoms. The van der Waals surface area contributed by atoms with Gasteiger partial charge in [-0.05, 0) is 32.3 Å². The fourth-order valence-electron chi connectivity index (χ4n) is 2.01. The number of hydrogen-bond donors (Lipinski definition) is 1. The molecule has 1 aliphatic rings. The first-order chi connectivity index (χ1) is 7.20. The molecule has 1 aromatic heterocycles. The number of nitrogens with zero attached hydrogens (tertiary/aromatic N) is 2. The van der Waals surface area contributed by atoms with Crippen LogP contribution < -0.4 is 10.6 Å². The van der Waals surface area contributed by atoms with Crippen molar-refractivity contribution in [1.29, 1.82) is 0 Å². The largest absolute Gasteiger partial charge is 0.356 e. The molecule has 3 nitrogen and oxygen atoms in total. The quantitative estimate of drug-likeness (QED) is 0.821. The average Bonchev–Trinajstić information content (AvgIpc) is 2.15. The number of pyridine rings is 1. The van der Waals surface area contributed by atoms with Crippen molar-refractivity contribution in [1.82, 2.24) is 4.98 Å². The predicted molar refractivity (Wildman–Crippen MR) is 62.9 cm³/mol. The summed E-state index contributed by atoms with van der Waals surface area (Å²) in [6.45, 7) is 2.01. The van der Waals surface area contributed by atoms with Crippen molar-refractivity contribution < 1.29 is 0 Å². The van der Waals surface area contributed by atoms with Crippen LogP contribution in [-0.4, -0.2) is 18.1 Å². The summed E-state index contributed by atoms with van der Waals surface area (Å²) >= 11 is 0. The third-order valence-corrected chi connectivity index (χ3v) is 3.26. The van der Waals surface area contributed by atoms with Gasteiger partial charge in [0.2, 0.25) is 0 Å². The summed E-state index contributed by atoms with van der Waals surface area (Å²) in [6, 6.07) is 4.74. The van der Waals surface area contributed by atoms with Crippen LogP contribution in [0.25, 0.3) is 0 Å². The Kier molecular flexibility index (Phi) is 2.91. The van der Waals surface area contributed by atoms with E-state index in [0.717, 1.165) is 11.4 Å². The molecule has 1 aliphatic carbocycles. The summed E-state index contributed by atoms with van der Waals surface area (Å²) in [5, 5.41) is 0. The van der Waals surface area contributed by atoms with Crippen LogP contribution >= 0.6 is 0 Å². The van der Waals surface area contributed by atoms with Crippen LogP contribution in [0.2, 0.25) is 0 Å². The fourth-order valence-corrected chi connectivity index (χ4v) is 2.01. The average molecular weight is 205 g/mol. The number of nitrogens with two attached hydrogens (primary N) is 1. The molecule has 1 atom stereocenters. The van der Waals surface area contributed by atoms with Crippen LogP contribution in [0.4, 0.5) is 5.82 Å². The third kappa shape index (κ3) is 1.97. The Labute approximate surface area is 91.3 Å². The van der Waals surface area contributed by atoms with Gasteiger partial charge >= 0.3 is 0 Å². The van der Waals surface area contributed by atoms with Crippen LogP contribution in [0.5, 0.6) is 0 Å². The van der Waals surface area contributed by atoms with Crippen molar-refractivity contribution in [2.24, 2.45) is 5.73 Å². The maximum Gasteiger partial charge on any atom is 0.133 e. The van der Waals surface area contributed by atoms with Gasteiger partial charge < -0.3 is 10.6 Å². The van der Waals surface area contributed by atoms with E-state index in [9.17, 15) is 0 Å². The molecule has 2 rings (SSSR count). The van der Waals surface area contributed by atoms with Crippen LogP contribution in [0.1, 0.15) is 37.8 Å². The van der Waals surface area contributed by atoms with Gasteiger partial charge in [0.05, 0.1) is 0 Å². The number of aromatic nitrogens is 1. The van der Waals surface area contributed by atoms with Gasteiger partial charge in [-0.1, -0.05) is 6.07 Å². The monoisotopic (exact) mass is 205 g/mol. The summed E-state index contributed by atoms with van der Waals surface area (Å²) < 4.78 is 0. The van der Waals surface area contributed by atoms with E-state index in [1.54, 1.807) is 0 Å². The maximum absolute atomic E-state index is 5.95. The van der Waals surface area contributed by atoms with Crippen molar-refractivity contribution in [2.75, 3.05) is 11.9 Å². The molecule has 1 fully saturated rings. The molecule has 15 heavy (non-hydrogen) atoms. The van der Waals surface area contributed by atoms with Gasteiger partial charge in [-0.2, -0.15) is 0 Å². The first kappa shape index (κ1) is 10.4. The molecular formula is C12H19N3. The molecule has 2 N–H and O–H groups in total. The summed E-state index contributed by atoms with van der Waals surface area (Å²) in [4.78, 5) is 6.73. The van der Waals surface area contributed by atoms with Crippen LogP contribution in [-0.2, 0) is 0 Å². The van der Waals surface area contributed by atoms with E-state index in [1.807, 2.05) is 19.2 Å². The molecule has 1 heterocycles. The van der Waals surface area contributed by atoms with Crippen molar-refractivity contribution in [3.8, 4) is 0 Å². The van der Waals surface area contributed by atoms with Crippen LogP contribution in [0.3, 0.4) is 0 Å². The number of rotatable bonds is 3. The molecule has 0 unspecified atom stereocenters. The smallest absolute Gasteiger partial charge is 0.133 e. The fraction of sp³-hybridized carbons (Fsp3) is 0.583.